The lowest BCUT2D eigenvalue weighted by Crippen LogP contribution is -2.23. The molecule has 0 bridgehead atoms. The Morgan fingerprint density at radius 3 is 2.95 bits per heavy atom. The first-order chi connectivity index (χ1) is 9.31. The fraction of sp³-hybridized carbons (Fsp3) is 0.429. The van der Waals surface area contributed by atoms with Crippen molar-refractivity contribution in [1.29, 1.82) is 0 Å². The van der Waals surface area contributed by atoms with Crippen molar-refractivity contribution in [2.75, 3.05) is 5.73 Å². The highest BCUT2D eigenvalue weighted by Gasteiger charge is 2.32. The highest BCUT2D eigenvalue weighted by Crippen LogP contribution is 2.42. The Labute approximate surface area is 111 Å². The summed E-state index contributed by atoms with van der Waals surface area (Å²) < 4.78 is 7.88. The lowest BCUT2D eigenvalue weighted by atomic mass is 10.1. The SMILES string of the molecule is Nc1nnn(CC2Cc3ccccc3O2)c1C1CC1. The average molecular weight is 256 g/mol. The molecule has 1 saturated carbocycles. The lowest BCUT2D eigenvalue weighted by molar-refractivity contribution is 0.200. The van der Waals surface area contributed by atoms with Crippen LogP contribution in [0.2, 0.25) is 0 Å². The Morgan fingerprint density at radius 1 is 1.32 bits per heavy atom. The number of fused-ring (bicyclic) bond motifs is 1. The van der Waals surface area contributed by atoms with Crippen molar-refractivity contribution in [2.24, 2.45) is 0 Å². The Bertz CT molecular complexity index is 593. The van der Waals surface area contributed by atoms with E-state index in [9.17, 15) is 0 Å². The minimum atomic E-state index is 0.135. The Morgan fingerprint density at radius 2 is 2.16 bits per heavy atom. The van der Waals surface area contributed by atoms with Gasteiger partial charge in [-0.05, 0) is 24.5 Å². The second-order valence-electron chi connectivity index (χ2n) is 5.37. The monoisotopic (exact) mass is 256 g/mol. The summed E-state index contributed by atoms with van der Waals surface area (Å²) in [4.78, 5) is 0. The first-order valence-corrected chi connectivity index (χ1v) is 6.74. The molecule has 1 unspecified atom stereocenters. The normalized spacial score (nSPS) is 21.2. The fourth-order valence-corrected chi connectivity index (χ4v) is 2.79. The maximum atomic E-state index is 5.95. The van der Waals surface area contributed by atoms with E-state index in [1.54, 1.807) is 0 Å². The van der Waals surface area contributed by atoms with Gasteiger partial charge in [-0.2, -0.15) is 0 Å². The van der Waals surface area contributed by atoms with E-state index in [0.717, 1.165) is 24.4 Å². The maximum Gasteiger partial charge on any atom is 0.169 e. The second-order valence-corrected chi connectivity index (χ2v) is 5.37. The van der Waals surface area contributed by atoms with E-state index in [4.69, 9.17) is 10.5 Å². The van der Waals surface area contributed by atoms with Crippen molar-refractivity contribution in [3.05, 3.63) is 35.5 Å². The summed E-state index contributed by atoms with van der Waals surface area (Å²) in [6.07, 6.45) is 3.46. The summed E-state index contributed by atoms with van der Waals surface area (Å²) in [7, 11) is 0. The number of nitrogen functional groups attached to an aromatic ring is 1. The number of ether oxygens (including phenoxy) is 1. The number of aromatic nitrogens is 3. The third-order valence-corrected chi connectivity index (χ3v) is 3.86. The molecule has 1 fully saturated rings. The Kier molecular flexibility index (Phi) is 2.27. The van der Waals surface area contributed by atoms with Crippen molar-refractivity contribution in [3.8, 4) is 5.75 Å². The van der Waals surface area contributed by atoms with Crippen molar-refractivity contribution in [2.45, 2.75) is 37.8 Å². The molecule has 2 N–H and O–H groups in total. The van der Waals surface area contributed by atoms with Gasteiger partial charge in [-0.15, -0.1) is 5.10 Å². The van der Waals surface area contributed by atoms with Crippen LogP contribution in [-0.2, 0) is 13.0 Å². The van der Waals surface area contributed by atoms with Crippen LogP contribution in [0.25, 0.3) is 0 Å². The highest BCUT2D eigenvalue weighted by atomic mass is 16.5. The molecular formula is C14H16N4O. The zero-order valence-corrected chi connectivity index (χ0v) is 10.6. The van der Waals surface area contributed by atoms with Crippen molar-refractivity contribution in [1.82, 2.24) is 15.0 Å². The van der Waals surface area contributed by atoms with Gasteiger partial charge in [0.15, 0.2) is 5.82 Å². The smallest absolute Gasteiger partial charge is 0.169 e. The van der Waals surface area contributed by atoms with E-state index in [1.807, 2.05) is 22.9 Å². The topological polar surface area (TPSA) is 66.0 Å². The van der Waals surface area contributed by atoms with Crippen LogP contribution < -0.4 is 10.5 Å². The van der Waals surface area contributed by atoms with Crippen LogP contribution in [-0.4, -0.2) is 21.1 Å². The number of hydrogen-bond acceptors (Lipinski definition) is 4. The molecule has 5 heteroatoms. The molecule has 19 heavy (non-hydrogen) atoms. The summed E-state index contributed by atoms with van der Waals surface area (Å²) in [5.74, 6) is 2.13. The van der Waals surface area contributed by atoms with E-state index < -0.39 is 0 Å². The zero-order chi connectivity index (χ0) is 12.8. The summed E-state index contributed by atoms with van der Waals surface area (Å²) in [6.45, 7) is 0.727. The first kappa shape index (κ1) is 10.8. The molecule has 4 rings (SSSR count). The van der Waals surface area contributed by atoms with Gasteiger partial charge in [0.2, 0.25) is 0 Å². The second kappa shape index (κ2) is 3.98. The van der Waals surface area contributed by atoms with Gasteiger partial charge in [-0.3, -0.25) is 0 Å². The Balaban J connectivity index is 1.54. The zero-order valence-electron chi connectivity index (χ0n) is 10.6. The maximum absolute atomic E-state index is 5.95. The van der Waals surface area contributed by atoms with Gasteiger partial charge in [-0.25, -0.2) is 4.68 Å². The molecule has 0 radical (unpaired) electrons. The van der Waals surface area contributed by atoms with Crippen LogP contribution in [0, 0.1) is 0 Å². The minimum absolute atomic E-state index is 0.135. The third-order valence-electron chi connectivity index (χ3n) is 3.86. The summed E-state index contributed by atoms with van der Waals surface area (Å²) in [5, 5.41) is 8.17. The summed E-state index contributed by atoms with van der Waals surface area (Å²) in [5.41, 5.74) is 8.27. The molecule has 2 heterocycles. The van der Waals surface area contributed by atoms with Crippen molar-refractivity contribution < 1.29 is 4.74 Å². The van der Waals surface area contributed by atoms with Gasteiger partial charge in [0, 0.05) is 12.3 Å². The molecule has 0 amide bonds. The van der Waals surface area contributed by atoms with Crippen LogP contribution in [0.4, 0.5) is 5.82 Å². The van der Waals surface area contributed by atoms with Crippen molar-refractivity contribution in [3.63, 3.8) is 0 Å². The molecule has 2 aromatic rings. The average Bonchev–Trinajstić information content (AvgIpc) is 3.05. The number of nitrogens with two attached hydrogens (primary N) is 1. The molecule has 1 aliphatic heterocycles. The van der Waals surface area contributed by atoms with Crippen LogP contribution in [0.1, 0.15) is 30.0 Å². The molecule has 0 saturated heterocycles. The quantitative estimate of drug-likeness (QED) is 0.908. The fourth-order valence-electron chi connectivity index (χ4n) is 2.79. The summed E-state index contributed by atoms with van der Waals surface area (Å²) in [6, 6.07) is 8.19. The van der Waals surface area contributed by atoms with E-state index >= 15 is 0 Å². The number of benzene rings is 1. The van der Waals surface area contributed by atoms with Gasteiger partial charge < -0.3 is 10.5 Å². The molecule has 5 nitrogen and oxygen atoms in total. The summed E-state index contributed by atoms with van der Waals surface area (Å²) >= 11 is 0. The van der Waals surface area contributed by atoms with E-state index in [2.05, 4.69) is 16.4 Å². The molecule has 98 valence electrons. The lowest BCUT2D eigenvalue weighted by Gasteiger charge is -2.12. The molecule has 1 aromatic heterocycles. The largest absolute Gasteiger partial charge is 0.488 e. The predicted molar refractivity (Wildman–Crippen MR) is 71.0 cm³/mol. The van der Waals surface area contributed by atoms with Crippen LogP contribution in [0.3, 0.4) is 0 Å². The molecule has 2 aliphatic rings. The molecular weight excluding hydrogens is 240 g/mol. The van der Waals surface area contributed by atoms with Gasteiger partial charge in [0.1, 0.15) is 11.9 Å². The number of anilines is 1. The Hall–Kier alpha value is -2.04. The van der Waals surface area contributed by atoms with Crippen LogP contribution >= 0.6 is 0 Å². The van der Waals surface area contributed by atoms with Gasteiger partial charge >= 0.3 is 0 Å². The first-order valence-electron chi connectivity index (χ1n) is 6.74. The highest BCUT2D eigenvalue weighted by molar-refractivity contribution is 5.39. The standard InChI is InChI=1S/C14H16N4O/c15-14-13(9-5-6-9)18(17-16-14)8-11-7-10-3-1-2-4-12(10)19-11/h1-4,9,11H,5-8,15H2. The molecule has 1 aliphatic carbocycles. The number of nitrogens with zero attached hydrogens (tertiary/aromatic N) is 3. The molecule has 0 spiro atoms. The van der Waals surface area contributed by atoms with Crippen molar-refractivity contribution >= 4 is 5.82 Å². The van der Waals surface area contributed by atoms with Gasteiger partial charge in [0.05, 0.1) is 12.2 Å². The predicted octanol–water partition coefficient (Wildman–Crippen LogP) is 1.74. The molecule has 1 atom stereocenters. The van der Waals surface area contributed by atoms with Gasteiger partial charge in [-0.1, -0.05) is 23.4 Å². The van der Waals surface area contributed by atoms with E-state index in [0.29, 0.717) is 11.7 Å². The van der Waals surface area contributed by atoms with Crippen LogP contribution in [0.15, 0.2) is 24.3 Å². The molecule has 1 aromatic carbocycles. The number of para-hydroxylation sites is 1. The van der Waals surface area contributed by atoms with Crippen LogP contribution in [0.5, 0.6) is 5.75 Å². The minimum Gasteiger partial charge on any atom is -0.488 e. The third kappa shape index (κ3) is 1.85. The van der Waals surface area contributed by atoms with E-state index in [-0.39, 0.29) is 6.10 Å². The number of rotatable bonds is 3. The van der Waals surface area contributed by atoms with Gasteiger partial charge in [0.25, 0.3) is 0 Å². The number of hydrogen-bond donors (Lipinski definition) is 1. The van der Waals surface area contributed by atoms with E-state index in [1.165, 1.54) is 18.4 Å².